The van der Waals surface area contributed by atoms with Crippen molar-refractivity contribution in [2.75, 3.05) is 0 Å². The third kappa shape index (κ3) is 5.64. The van der Waals surface area contributed by atoms with E-state index in [0.717, 1.165) is 4.88 Å². The van der Waals surface area contributed by atoms with Crippen LogP contribution in [0.15, 0.2) is 23.7 Å². The summed E-state index contributed by atoms with van der Waals surface area (Å²) >= 11 is 1.42. The minimum atomic E-state index is -1.82. The van der Waals surface area contributed by atoms with Crippen LogP contribution in [0, 0.1) is 0 Å². The van der Waals surface area contributed by atoms with Crippen molar-refractivity contribution in [1.82, 2.24) is 20.3 Å². The number of carboxylic acid groups (broad SMARTS) is 1. The average molecular weight is 367 g/mol. The van der Waals surface area contributed by atoms with Gasteiger partial charge in [0.15, 0.2) is 0 Å². The van der Waals surface area contributed by atoms with Crippen LogP contribution in [0.25, 0.3) is 0 Å². The van der Waals surface area contributed by atoms with E-state index in [0.29, 0.717) is 5.69 Å². The molecule has 10 nitrogen and oxygen atoms in total. The highest BCUT2D eigenvalue weighted by Crippen LogP contribution is 2.09. The Morgan fingerprint density at radius 2 is 2.20 bits per heavy atom. The number of nitrogens with zero attached hydrogens (tertiary/aromatic N) is 3. The number of thiophene rings is 1. The molecule has 0 radical (unpaired) electrons. The van der Waals surface area contributed by atoms with Crippen molar-refractivity contribution < 1.29 is 24.7 Å². The van der Waals surface area contributed by atoms with Gasteiger partial charge in [-0.05, 0) is 11.4 Å². The van der Waals surface area contributed by atoms with Crippen LogP contribution in [0.3, 0.4) is 0 Å². The molecule has 0 bridgehead atoms. The Labute approximate surface area is 147 Å². The number of nitrogens with two attached hydrogens (primary N) is 1. The molecule has 0 spiro atoms. The minimum absolute atomic E-state index is 0.0281. The molecule has 2 rings (SSSR count). The Balaban J connectivity index is 2.00. The van der Waals surface area contributed by atoms with E-state index < -0.39 is 25.1 Å². The van der Waals surface area contributed by atoms with E-state index in [1.807, 2.05) is 11.4 Å². The molecule has 6 N–H and O–H groups in total. The summed E-state index contributed by atoms with van der Waals surface area (Å²) in [4.78, 5) is 23.7. The molecule has 2 atom stereocenters. The fourth-order valence-electron chi connectivity index (χ4n) is 2.13. The molecule has 0 saturated carbocycles. The lowest BCUT2D eigenvalue weighted by Gasteiger charge is -2.19. The van der Waals surface area contributed by atoms with Crippen molar-refractivity contribution in [2.45, 2.75) is 31.4 Å². The van der Waals surface area contributed by atoms with Gasteiger partial charge >= 0.3 is 13.1 Å². The smallest absolute Gasteiger partial charge is 0.477 e. The summed E-state index contributed by atoms with van der Waals surface area (Å²) < 4.78 is 1.29. The zero-order valence-electron chi connectivity index (χ0n) is 13.1. The maximum Gasteiger partial charge on any atom is 0.477 e. The highest BCUT2D eigenvalue weighted by molar-refractivity contribution is 7.10. The third-order valence-electron chi connectivity index (χ3n) is 3.43. The van der Waals surface area contributed by atoms with Crippen LogP contribution in [-0.2, 0) is 29.0 Å². The summed E-state index contributed by atoms with van der Waals surface area (Å²) in [7, 11) is -1.82. The standard InChI is InChI=1S/C13H18BN5O5S/c15-10(13(21)22)4-8-6-16-18-19(8)7-11(14(23)24)17-12(20)5-9-2-1-3-25-9/h1-3,6,10-11,23-24H,4-5,7,15H2,(H,17,20)(H,21,22)/t10?,11-/m0/s1. The van der Waals surface area contributed by atoms with E-state index in [4.69, 9.17) is 10.8 Å². The van der Waals surface area contributed by atoms with Crippen LogP contribution in [0.4, 0.5) is 0 Å². The molecule has 134 valence electrons. The number of aliphatic carboxylic acids is 1. The van der Waals surface area contributed by atoms with Gasteiger partial charge in [0.05, 0.1) is 30.8 Å². The largest absolute Gasteiger partial charge is 0.480 e. The first-order chi connectivity index (χ1) is 11.9. The van der Waals surface area contributed by atoms with E-state index >= 15 is 0 Å². The quantitative estimate of drug-likeness (QED) is 0.319. The first kappa shape index (κ1) is 19.1. The minimum Gasteiger partial charge on any atom is -0.480 e. The zero-order chi connectivity index (χ0) is 18.4. The van der Waals surface area contributed by atoms with Crippen LogP contribution >= 0.6 is 11.3 Å². The Bertz CT molecular complexity index is 707. The van der Waals surface area contributed by atoms with Gasteiger partial charge in [-0.1, -0.05) is 11.3 Å². The number of carbonyl (C=O) groups excluding carboxylic acids is 1. The molecule has 0 aromatic carbocycles. The number of carboxylic acids is 1. The van der Waals surface area contributed by atoms with E-state index in [9.17, 15) is 19.6 Å². The lowest BCUT2D eigenvalue weighted by Crippen LogP contribution is -2.49. The molecule has 25 heavy (non-hydrogen) atoms. The first-order valence-electron chi connectivity index (χ1n) is 7.40. The van der Waals surface area contributed by atoms with Crippen molar-refractivity contribution in [1.29, 1.82) is 0 Å². The number of aromatic nitrogens is 3. The van der Waals surface area contributed by atoms with Gasteiger partial charge in [-0.15, -0.1) is 16.4 Å². The predicted molar refractivity (Wildman–Crippen MR) is 89.5 cm³/mol. The molecule has 12 heteroatoms. The molecule has 1 amide bonds. The highest BCUT2D eigenvalue weighted by atomic mass is 32.1. The second-order valence-corrected chi connectivity index (χ2v) is 6.43. The average Bonchev–Trinajstić information content (AvgIpc) is 3.18. The normalized spacial score (nSPS) is 13.2. The monoisotopic (exact) mass is 367 g/mol. The van der Waals surface area contributed by atoms with Gasteiger partial charge in [-0.3, -0.25) is 9.59 Å². The molecule has 0 aliphatic rings. The molecular weight excluding hydrogens is 349 g/mol. The molecule has 0 saturated heterocycles. The summed E-state index contributed by atoms with van der Waals surface area (Å²) in [5.74, 6) is -2.57. The number of hydrogen-bond acceptors (Lipinski definition) is 8. The summed E-state index contributed by atoms with van der Waals surface area (Å²) in [6, 6.07) is 2.49. The highest BCUT2D eigenvalue weighted by Gasteiger charge is 2.27. The van der Waals surface area contributed by atoms with Crippen molar-refractivity contribution in [2.24, 2.45) is 5.73 Å². The Morgan fingerprint density at radius 3 is 2.80 bits per heavy atom. The maximum absolute atomic E-state index is 12.0. The summed E-state index contributed by atoms with van der Waals surface area (Å²) in [6.07, 6.45) is 1.44. The van der Waals surface area contributed by atoms with E-state index in [1.54, 1.807) is 6.07 Å². The molecule has 0 fully saturated rings. The van der Waals surface area contributed by atoms with Crippen LogP contribution < -0.4 is 11.1 Å². The Hall–Kier alpha value is -2.28. The zero-order valence-corrected chi connectivity index (χ0v) is 14.0. The van der Waals surface area contributed by atoms with E-state index in [1.165, 1.54) is 22.2 Å². The van der Waals surface area contributed by atoms with Crippen molar-refractivity contribution in [3.8, 4) is 0 Å². The number of carbonyl (C=O) groups is 2. The second-order valence-electron chi connectivity index (χ2n) is 5.40. The summed E-state index contributed by atoms with van der Waals surface area (Å²) in [5, 5.41) is 39.7. The molecule has 2 aromatic heterocycles. The van der Waals surface area contributed by atoms with Gasteiger partial charge in [0.1, 0.15) is 6.04 Å². The third-order valence-corrected chi connectivity index (χ3v) is 4.31. The molecule has 2 heterocycles. The van der Waals surface area contributed by atoms with Gasteiger partial charge in [0, 0.05) is 11.3 Å². The van der Waals surface area contributed by atoms with Crippen LogP contribution in [0.1, 0.15) is 10.6 Å². The first-order valence-corrected chi connectivity index (χ1v) is 8.28. The van der Waals surface area contributed by atoms with Gasteiger partial charge in [0.2, 0.25) is 5.91 Å². The van der Waals surface area contributed by atoms with Crippen LogP contribution in [-0.4, -0.2) is 61.1 Å². The van der Waals surface area contributed by atoms with Crippen molar-refractivity contribution >= 4 is 30.3 Å². The van der Waals surface area contributed by atoms with Crippen LogP contribution in [0.5, 0.6) is 0 Å². The van der Waals surface area contributed by atoms with E-state index in [2.05, 4.69) is 15.6 Å². The lowest BCUT2D eigenvalue weighted by molar-refractivity contribution is -0.138. The molecule has 2 aromatic rings. The Kier molecular flexibility index (Phi) is 6.64. The van der Waals surface area contributed by atoms with Crippen LogP contribution in [0.2, 0.25) is 0 Å². The molecule has 0 aliphatic heterocycles. The van der Waals surface area contributed by atoms with Gasteiger partial charge < -0.3 is 26.2 Å². The number of hydrogen-bond donors (Lipinski definition) is 5. The SMILES string of the molecule is NC(Cc1cnnn1C[C@H](NC(=O)Cc1cccs1)B(O)O)C(=O)O. The number of rotatable bonds is 9. The van der Waals surface area contributed by atoms with E-state index in [-0.39, 0.29) is 25.3 Å². The van der Waals surface area contributed by atoms with Crippen molar-refractivity contribution in [3.05, 3.63) is 34.3 Å². The second kappa shape index (κ2) is 8.71. The molecular formula is C13H18BN5O5S. The summed E-state index contributed by atoms with van der Waals surface area (Å²) in [5.41, 5.74) is 5.90. The lowest BCUT2D eigenvalue weighted by atomic mass is 9.79. The summed E-state index contributed by atoms with van der Waals surface area (Å²) in [6.45, 7) is -0.0878. The fraction of sp³-hybridized carbons (Fsp3) is 0.385. The molecule has 0 aliphatic carbocycles. The topological polar surface area (TPSA) is 164 Å². The van der Waals surface area contributed by atoms with Gasteiger partial charge in [-0.25, -0.2) is 4.68 Å². The van der Waals surface area contributed by atoms with Gasteiger partial charge in [0.25, 0.3) is 0 Å². The number of nitrogens with one attached hydrogen (secondary N) is 1. The number of amides is 1. The fourth-order valence-corrected chi connectivity index (χ4v) is 2.84. The predicted octanol–water partition coefficient (Wildman–Crippen LogP) is -1.97. The van der Waals surface area contributed by atoms with Crippen molar-refractivity contribution in [3.63, 3.8) is 0 Å². The maximum atomic E-state index is 12.0. The Morgan fingerprint density at radius 1 is 1.44 bits per heavy atom. The molecule has 1 unspecified atom stereocenters. The van der Waals surface area contributed by atoms with Gasteiger partial charge in [-0.2, -0.15) is 0 Å².